The normalized spacial score (nSPS) is 25.6. The van der Waals surface area contributed by atoms with E-state index in [1.807, 2.05) is 12.2 Å². The minimum absolute atomic E-state index is 0.0912. The zero-order chi connectivity index (χ0) is 9.90. The second-order valence-electron chi connectivity index (χ2n) is 3.48. The molecule has 0 unspecified atom stereocenters. The van der Waals surface area contributed by atoms with Gasteiger partial charge in [-0.05, 0) is 26.7 Å². The molecule has 3 nitrogen and oxygen atoms in total. The predicted octanol–water partition coefficient (Wildman–Crippen LogP) is 1.27. The number of rotatable bonds is 3. The fourth-order valence-electron chi connectivity index (χ4n) is 1.53. The number of hydrogen-bond donors (Lipinski definition) is 1. The van der Waals surface area contributed by atoms with Crippen LogP contribution in [0.5, 0.6) is 0 Å². The molecule has 0 fully saturated rings. The SMILES string of the molecule is CCOC(=O)[C@@](C)(O)[C@@H]1C=CCC1. The van der Waals surface area contributed by atoms with Crippen LogP contribution >= 0.6 is 0 Å². The molecule has 0 radical (unpaired) electrons. The molecule has 1 rings (SSSR count). The first-order valence-corrected chi connectivity index (χ1v) is 4.65. The van der Waals surface area contributed by atoms with Crippen molar-refractivity contribution in [2.24, 2.45) is 5.92 Å². The van der Waals surface area contributed by atoms with E-state index in [2.05, 4.69) is 0 Å². The highest BCUT2D eigenvalue weighted by Crippen LogP contribution is 2.29. The topological polar surface area (TPSA) is 46.5 Å². The molecular formula is C10H16O3. The lowest BCUT2D eigenvalue weighted by Crippen LogP contribution is -2.42. The number of hydrogen-bond acceptors (Lipinski definition) is 3. The molecule has 74 valence electrons. The largest absolute Gasteiger partial charge is 0.464 e. The molecule has 0 aromatic heterocycles. The summed E-state index contributed by atoms with van der Waals surface area (Å²) in [5.74, 6) is -0.613. The van der Waals surface area contributed by atoms with Crippen molar-refractivity contribution in [3.63, 3.8) is 0 Å². The van der Waals surface area contributed by atoms with Crippen molar-refractivity contribution in [3.8, 4) is 0 Å². The van der Waals surface area contributed by atoms with Crippen LogP contribution in [0.25, 0.3) is 0 Å². The maximum absolute atomic E-state index is 11.3. The van der Waals surface area contributed by atoms with Crippen molar-refractivity contribution < 1.29 is 14.6 Å². The smallest absolute Gasteiger partial charge is 0.338 e. The van der Waals surface area contributed by atoms with E-state index in [1.54, 1.807) is 6.92 Å². The second kappa shape index (κ2) is 3.92. The Bertz CT molecular complexity index is 218. The standard InChI is InChI=1S/C10H16O3/c1-3-13-9(11)10(2,12)8-6-4-5-7-8/h4,6,8,12H,3,5,7H2,1-2H3/t8-,10+/m1/s1. The molecule has 0 aromatic carbocycles. The van der Waals surface area contributed by atoms with Gasteiger partial charge in [-0.25, -0.2) is 4.79 Å². The monoisotopic (exact) mass is 184 g/mol. The van der Waals surface area contributed by atoms with Crippen LogP contribution in [0.3, 0.4) is 0 Å². The van der Waals surface area contributed by atoms with E-state index in [1.165, 1.54) is 6.92 Å². The van der Waals surface area contributed by atoms with Gasteiger partial charge < -0.3 is 9.84 Å². The predicted molar refractivity (Wildman–Crippen MR) is 49.1 cm³/mol. The molecule has 0 aromatic rings. The minimum Gasteiger partial charge on any atom is -0.464 e. The van der Waals surface area contributed by atoms with Crippen molar-refractivity contribution in [1.29, 1.82) is 0 Å². The molecule has 1 aliphatic rings. The van der Waals surface area contributed by atoms with Crippen LogP contribution in [0.1, 0.15) is 26.7 Å². The molecule has 13 heavy (non-hydrogen) atoms. The highest BCUT2D eigenvalue weighted by atomic mass is 16.5. The van der Waals surface area contributed by atoms with Crippen LogP contribution in [0, 0.1) is 5.92 Å². The molecule has 0 saturated carbocycles. The maximum atomic E-state index is 11.3. The quantitative estimate of drug-likeness (QED) is 0.530. The fraction of sp³-hybridized carbons (Fsp3) is 0.700. The van der Waals surface area contributed by atoms with Crippen molar-refractivity contribution in [2.75, 3.05) is 6.61 Å². The first-order chi connectivity index (χ1) is 6.09. The average Bonchev–Trinajstić information content (AvgIpc) is 2.56. The van der Waals surface area contributed by atoms with Crippen LogP contribution < -0.4 is 0 Å². The van der Waals surface area contributed by atoms with Gasteiger partial charge in [-0.3, -0.25) is 0 Å². The molecule has 1 aliphatic carbocycles. The van der Waals surface area contributed by atoms with Gasteiger partial charge in [-0.15, -0.1) is 0 Å². The Morgan fingerprint density at radius 3 is 2.92 bits per heavy atom. The summed E-state index contributed by atoms with van der Waals surface area (Å²) in [5.41, 5.74) is -1.36. The zero-order valence-electron chi connectivity index (χ0n) is 8.12. The summed E-state index contributed by atoms with van der Waals surface area (Å²) in [7, 11) is 0. The number of carbonyl (C=O) groups is 1. The maximum Gasteiger partial charge on any atom is 0.338 e. The summed E-state index contributed by atoms with van der Waals surface area (Å²) < 4.78 is 4.80. The Labute approximate surface area is 78.4 Å². The summed E-state index contributed by atoms with van der Waals surface area (Å²) in [6.45, 7) is 3.56. The van der Waals surface area contributed by atoms with E-state index in [0.717, 1.165) is 12.8 Å². The molecule has 0 heterocycles. The minimum atomic E-state index is -1.36. The molecule has 0 aliphatic heterocycles. The van der Waals surface area contributed by atoms with Crippen LogP contribution in [0.15, 0.2) is 12.2 Å². The fourth-order valence-corrected chi connectivity index (χ4v) is 1.53. The Kier molecular flexibility index (Phi) is 3.09. The van der Waals surface area contributed by atoms with Gasteiger partial charge in [0.25, 0.3) is 0 Å². The second-order valence-corrected chi connectivity index (χ2v) is 3.48. The van der Waals surface area contributed by atoms with Gasteiger partial charge in [0.15, 0.2) is 5.60 Å². The lowest BCUT2D eigenvalue weighted by molar-refractivity contribution is -0.167. The molecule has 2 atom stereocenters. The van der Waals surface area contributed by atoms with Gasteiger partial charge in [0.1, 0.15) is 0 Å². The Hall–Kier alpha value is -0.830. The Morgan fingerprint density at radius 2 is 2.46 bits per heavy atom. The summed E-state index contributed by atoms with van der Waals surface area (Å²) >= 11 is 0. The van der Waals surface area contributed by atoms with Crippen LogP contribution in [-0.2, 0) is 9.53 Å². The van der Waals surface area contributed by atoms with Crippen molar-refractivity contribution in [3.05, 3.63) is 12.2 Å². The van der Waals surface area contributed by atoms with Crippen molar-refractivity contribution >= 4 is 5.97 Å². The van der Waals surface area contributed by atoms with E-state index >= 15 is 0 Å². The first kappa shape index (κ1) is 10.3. The third-order valence-corrected chi connectivity index (χ3v) is 2.42. The first-order valence-electron chi connectivity index (χ1n) is 4.65. The number of esters is 1. The molecule has 0 bridgehead atoms. The molecular weight excluding hydrogens is 168 g/mol. The van der Waals surface area contributed by atoms with Crippen molar-refractivity contribution in [2.45, 2.75) is 32.3 Å². The Balaban J connectivity index is 2.63. The van der Waals surface area contributed by atoms with Crippen LogP contribution in [-0.4, -0.2) is 23.3 Å². The number of allylic oxidation sites excluding steroid dienone is 1. The zero-order valence-corrected chi connectivity index (χ0v) is 8.12. The summed E-state index contributed by atoms with van der Waals surface area (Å²) in [6.07, 6.45) is 5.63. The summed E-state index contributed by atoms with van der Waals surface area (Å²) in [4.78, 5) is 11.3. The van der Waals surface area contributed by atoms with Gasteiger partial charge in [0, 0.05) is 5.92 Å². The van der Waals surface area contributed by atoms with Gasteiger partial charge in [-0.1, -0.05) is 12.2 Å². The number of carbonyl (C=O) groups excluding carboxylic acids is 1. The van der Waals surface area contributed by atoms with E-state index in [-0.39, 0.29) is 5.92 Å². The molecule has 0 amide bonds. The summed E-state index contributed by atoms with van der Waals surface area (Å²) in [6, 6.07) is 0. The highest BCUT2D eigenvalue weighted by Gasteiger charge is 2.39. The molecule has 0 spiro atoms. The van der Waals surface area contributed by atoms with Crippen LogP contribution in [0.2, 0.25) is 0 Å². The lowest BCUT2D eigenvalue weighted by Gasteiger charge is -2.26. The molecule has 1 N–H and O–H groups in total. The van der Waals surface area contributed by atoms with Gasteiger partial charge in [0.2, 0.25) is 0 Å². The molecule has 0 saturated heterocycles. The van der Waals surface area contributed by atoms with Gasteiger partial charge >= 0.3 is 5.97 Å². The average molecular weight is 184 g/mol. The Morgan fingerprint density at radius 1 is 1.77 bits per heavy atom. The van der Waals surface area contributed by atoms with Crippen molar-refractivity contribution in [1.82, 2.24) is 0 Å². The lowest BCUT2D eigenvalue weighted by atomic mass is 9.89. The van der Waals surface area contributed by atoms with Gasteiger partial charge in [0.05, 0.1) is 6.61 Å². The number of aliphatic hydroxyl groups is 1. The van der Waals surface area contributed by atoms with E-state index in [0.29, 0.717) is 6.61 Å². The van der Waals surface area contributed by atoms with Gasteiger partial charge in [-0.2, -0.15) is 0 Å². The van der Waals surface area contributed by atoms with E-state index in [9.17, 15) is 9.90 Å². The van der Waals surface area contributed by atoms with E-state index in [4.69, 9.17) is 4.74 Å². The molecule has 3 heteroatoms. The number of ether oxygens (including phenoxy) is 1. The van der Waals surface area contributed by atoms with E-state index < -0.39 is 11.6 Å². The third-order valence-electron chi connectivity index (χ3n) is 2.42. The van der Waals surface area contributed by atoms with Crippen LogP contribution in [0.4, 0.5) is 0 Å². The summed E-state index contributed by atoms with van der Waals surface area (Å²) in [5, 5.41) is 9.89. The highest BCUT2D eigenvalue weighted by molar-refractivity contribution is 5.79. The third kappa shape index (κ3) is 2.10.